The summed E-state index contributed by atoms with van der Waals surface area (Å²) >= 11 is 0. The van der Waals surface area contributed by atoms with Gasteiger partial charge in [0.2, 0.25) is 0 Å². The predicted molar refractivity (Wildman–Crippen MR) is 143 cm³/mol. The van der Waals surface area contributed by atoms with E-state index in [1.54, 1.807) is 35.7 Å². The number of nitrogens with zero attached hydrogens (tertiary/aromatic N) is 3. The summed E-state index contributed by atoms with van der Waals surface area (Å²) in [6.45, 7) is 6.58. The zero-order valence-corrected chi connectivity index (χ0v) is 21.5. The number of Topliss-reactive ketones (excluding diaryl/α,β-unsaturated/α-hetero) is 1. The number of aromatic nitrogens is 2. The van der Waals surface area contributed by atoms with E-state index in [1.807, 2.05) is 62.4 Å². The van der Waals surface area contributed by atoms with Crippen molar-refractivity contribution in [1.82, 2.24) is 14.3 Å². The molecule has 4 aromatic rings. The SMILES string of the molecule is CCOc1ccc(C2C(=C(O)c3c(C)nc4ccccn34)C(=O)C(=O)N2Cc2ccccc2)cc1OCC. The van der Waals surface area contributed by atoms with E-state index in [0.29, 0.717) is 47.3 Å². The lowest BCUT2D eigenvalue weighted by Gasteiger charge is -2.26. The Labute approximate surface area is 220 Å². The molecule has 5 rings (SSSR count). The molecule has 8 heteroatoms. The molecule has 1 saturated heterocycles. The molecule has 1 fully saturated rings. The fourth-order valence-corrected chi connectivity index (χ4v) is 4.93. The summed E-state index contributed by atoms with van der Waals surface area (Å²) in [4.78, 5) is 33.0. The van der Waals surface area contributed by atoms with Crippen LogP contribution < -0.4 is 9.47 Å². The second-order valence-electron chi connectivity index (χ2n) is 8.96. The minimum Gasteiger partial charge on any atom is -0.505 e. The van der Waals surface area contributed by atoms with Crippen LogP contribution in [0.15, 0.2) is 78.5 Å². The van der Waals surface area contributed by atoms with Gasteiger partial charge in [-0.2, -0.15) is 0 Å². The monoisotopic (exact) mass is 511 g/mol. The Morgan fingerprint density at radius 1 is 0.947 bits per heavy atom. The Bertz CT molecular complexity index is 1540. The van der Waals surface area contributed by atoms with Crippen molar-refractivity contribution in [3.63, 3.8) is 0 Å². The first-order valence-corrected chi connectivity index (χ1v) is 12.6. The third kappa shape index (κ3) is 4.38. The maximum Gasteiger partial charge on any atom is 0.295 e. The van der Waals surface area contributed by atoms with Gasteiger partial charge < -0.3 is 19.5 Å². The van der Waals surface area contributed by atoms with Crippen LogP contribution in [0.25, 0.3) is 11.4 Å². The number of rotatable bonds is 8. The number of likely N-dealkylation sites (tertiary alicyclic amines) is 1. The van der Waals surface area contributed by atoms with Crippen molar-refractivity contribution in [1.29, 1.82) is 0 Å². The number of carbonyl (C=O) groups excluding carboxylic acids is 2. The number of hydrogen-bond donors (Lipinski definition) is 1. The molecular weight excluding hydrogens is 482 g/mol. The summed E-state index contributed by atoms with van der Waals surface area (Å²) in [5.74, 6) is -0.634. The van der Waals surface area contributed by atoms with Crippen LogP contribution >= 0.6 is 0 Å². The summed E-state index contributed by atoms with van der Waals surface area (Å²) < 4.78 is 13.3. The molecule has 194 valence electrons. The fourth-order valence-electron chi connectivity index (χ4n) is 4.93. The Balaban J connectivity index is 1.72. The Morgan fingerprint density at radius 2 is 1.66 bits per heavy atom. The average molecular weight is 512 g/mol. The Hall–Kier alpha value is -4.59. The van der Waals surface area contributed by atoms with Crippen molar-refractivity contribution in [3.05, 3.63) is 101 Å². The van der Waals surface area contributed by atoms with Gasteiger partial charge in [0.15, 0.2) is 17.3 Å². The van der Waals surface area contributed by atoms with E-state index >= 15 is 0 Å². The highest BCUT2D eigenvalue weighted by Crippen LogP contribution is 2.43. The standard InChI is InChI=1S/C30H29N3O5/c1-4-37-22-15-14-21(17-23(22)38-5-2)27-25(28(34)26-19(3)31-24-13-9-10-16-32(24)26)29(35)30(36)33(27)18-20-11-7-6-8-12-20/h6-17,27,34H,4-5,18H2,1-3H3. The summed E-state index contributed by atoms with van der Waals surface area (Å²) in [6, 6.07) is 19.4. The number of ether oxygens (including phenoxy) is 2. The molecule has 1 unspecified atom stereocenters. The van der Waals surface area contributed by atoms with E-state index in [4.69, 9.17) is 9.47 Å². The van der Waals surface area contributed by atoms with Gasteiger partial charge in [0.25, 0.3) is 11.7 Å². The number of hydrogen-bond acceptors (Lipinski definition) is 6. The number of ketones is 1. The van der Waals surface area contributed by atoms with Crippen molar-refractivity contribution in [2.75, 3.05) is 13.2 Å². The lowest BCUT2D eigenvalue weighted by Crippen LogP contribution is -2.29. The maximum absolute atomic E-state index is 13.6. The molecule has 0 aliphatic carbocycles. The van der Waals surface area contributed by atoms with Crippen molar-refractivity contribution >= 4 is 23.1 Å². The van der Waals surface area contributed by atoms with Crippen LogP contribution in [0.5, 0.6) is 11.5 Å². The molecule has 0 radical (unpaired) electrons. The number of aliphatic hydroxyl groups is 1. The number of aryl methyl sites for hydroxylation is 1. The number of pyridine rings is 1. The van der Waals surface area contributed by atoms with E-state index in [0.717, 1.165) is 5.56 Å². The lowest BCUT2D eigenvalue weighted by atomic mass is 9.95. The molecular formula is C30H29N3O5. The minimum atomic E-state index is -0.848. The lowest BCUT2D eigenvalue weighted by molar-refractivity contribution is -0.140. The third-order valence-corrected chi connectivity index (χ3v) is 6.55. The van der Waals surface area contributed by atoms with Crippen LogP contribution in [0.2, 0.25) is 0 Å². The molecule has 2 aromatic carbocycles. The quantitative estimate of drug-likeness (QED) is 0.202. The Kier molecular flexibility index (Phi) is 6.87. The molecule has 0 saturated carbocycles. The van der Waals surface area contributed by atoms with Gasteiger partial charge >= 0.3 is 0 Å². The number of imidazole rings is 1. The first kappa shape index (κ1) is 25.1. The number of amides is 1. The van der Waals surface area contributed by atoms with Gasteiger partial charge in [-0.05, 0) is 56.2 Å². The number of carbonyl (C=O) groups is 2. The molecule has 8 nitrogen and oxygen atoms in total. The zero-order chi connectivity index (χ0) is 26.8. The van der Waals surface area contributed by atoms with E-state index in [-0.39, 0.29) is 17.9 Å². The van der Waals surface area contributed by atoms with Crippen molar-refractivity contribution < 1.29 is 24.2 Å². The first-order valence-electron chi connectivity index (χ1n) is 12.6. The van der Waals surface area contributed by atoms with E-state index in [9.17, 15) is 14.7 Å². The molecule has 1 aliphatic rings. The molecule has 2 aromatic heterocycles. The van der Waals surface area contributed by atoms with Gasteiger partial charge in [0, 0.05) is 12.7 Å². The fraction of sp³-hybridized carbons (Fsp3) is 0.233. The van der Waals surface area contributed by atoms with E-state index in [1.165, 1.54) is 4.90 Å². The molecule has 1 N–H and O–H groups in total. The summed E-state index contributed by atoms with van der Waals surface area (Å²) in [6.07, 6.45) is 1.77. The number of aliphatic hydroxyl groups excluding tert-OH is 1. The molecule has 0 spiro atoms. The third-order valence-electron chi connectivity index (χ3n) is 6.55. The summed E-state index contributed by atoms with van der Waals surface area (Å²) in [7, 11) is 0. The average Bonchev–Trinajstić information content (AvgIpc) is 3.38. The van der Waals surface area contributed by atoms with Gasteiger partial charge in [-0.3, -0.25) is 14.0 Å². The van der Waals surface area contributed by atoms with Crippen LogP contribution in [-0.4, -0.2) is 44.3 Å². The van der Waals surface area contributed by atoms with Crippen molar-refractivity contribution in [2.45, 2.75) is 33.4 Å². The summed E-state index contributed by atoms with van der Waals surface area (Å²) in [5, 5.41) is 11.7. The molecule has 0 bridgehead atoms. The van der Waals surface area contributed by atoms with Crippen LogP contribution in [-0.2, 0) is 16.1 Å². The van der Waals surface area contributed by atoms with Crippen LogP contribution in [0.4, 0.5) is 0 Å². The second-order valence-corrected chi connectivity index (χ2v) is 8.96. The highest BCUT2D eigenvalue weighted by molar-refractivity contribution is 6.46. The highest BCUT2D eigenvalue weighted by Gasteiger charge is 2.46. The van der Waals surface area contributed by atoms with Crippen molar-refractivity contribution in [3.8, 4) is 11.5 Å². The smallest absolute Gasteiger partial charge is 0.295 e. The Morgan fingerprint density at radius 3 is 2.39 bits per heavy atom. The van der Waals surface area contributed by atoms with Gasteiger partial charge in [0.1, 0.15) is 11.3 Å². The first-order chi connectivity index (χ1) is 18.4. The van der Waals surface area contributed by atoms with E-state index in [2.05, 4.69) is 4.98 Å². The van der Waals surface area contributed by atoms with Crippen LogP contribution in [0, 0.1) is 6.92 Å². The largest absolute Gasteiger partial charge is 0.505 e. The molecule has 38 heavy (non-hydrogen) atoms. The van der Waals surface area contributed by atoms with Gasteiger partial charge in [-0.1, -0.05) is 42.5 Å². The predicted octanol–water partition coefficient (Wildman–Crippen LogP) is 5.06. The van der Waals surface area contributed by atoms with Crippen LogP contribution in [0.1, 0.15) is 42.4 Å². The number of benzene rings is 2. The molecule has 1 aliphatic heterocycles. The zero-order valence-electron chi connectivity index (χ0n) is 21.5. The second kappa shape index (κ2) is 10.4. The minimum absolute atomic E-state index is 0.00583. The topological polar surface area (TPSA) is 93.4 Å². The van der Waals surface area contributed by atoms with Gasteiger partial charge in [-0.25, -0.2) is 4.98 Å². The molecule has 1 atom stereocenters. The van der Waals surface area contributed by atoms with E-state index < -0.39 is 17.7 Å². The van der Waals surface area contributed by atoms with Gasteiger partial charge in [0.05, 0.1) is 30.5 Å². The van der Waals surface area contributed by atoms with Crippen LogP contribution in [0.3, 0.4) is 0 Å². The molecule has 1 amide bonds. The molecule has 3 heterocycles. The van der Waals surface area contributed by atoms with Gasteiger partial charge in [-0.15, -0.1) is 0 Å². The summed E-state index contributed by atoms with van der Waals surface area (Å²) in [5.41, 5.74) is 3.04. The highest BCUT2D eigenvalue weighted by atomic mass is 16.5. The normalized spacial score (nSPS) is 16.8. The maximum atomic E-state index is 13.6. The number of fused-ring (bicyclic) bond motifs is 1. The van der Waals surface area contributed by atoms with Crippen molar-refractivity contribution in [2.24, 2.45) is 0 Å².